The molecule has 0 unspecified atom stereocenters. The minimum atomic E-state index is -3.76. The van der Waals surface area contributed by atoms with E-state index in [2.05, 4.69) is 0 Å². The predicted octanol–water partition coefficient (Wildman–Crippen LogP) is 0.719. The Bertz CT molecular complexity index is 645. The van der Waals surface area contributed by atoms with Crippen molar-refractivity contribution in [3.8, 4) is 17.2 Å². The van der Waals surface area contributed by atoms with Crippen LogP contribution in [0.2, 0.25) is 0 Å². The fourth-order valence-corrected chi connectivity index (χ4v) is 2.95. The van der Waals surface area contributed by atoms with Gasteiger partial charge in [-0.05, 0) is 17.7 Å². The summed E-state index contributed by atoms with van der Waals surface area (Å²) in [6.07, 6.45) is 1.10. The first-order valence-corrected chi connectivity index (χ1v) is 7.34. The highest BCUT2D eigenvalue weighted by atomic mass is 32.2. The molecule has 8 nitrogen and oxygen atoms in total. The second-order valence-corrected chi connectivity index (χ2v) is 5.82. The largest absolute Gasteiger partial charge is 0.493 e. The topological polar surface area (TPSA) is 97.3 Å². The van der Waals surface area contributed by atoms with Crippen LogP contribution in [0.5, 0.6) is 17.2 Å². The predicted molar refractivity (Wildman–Crippen MR) is 74.4 cm³/mol. The molecular weight excluding hydrogens is 300 g/mol. The monoisotopic (exact) mass is 316 g/mol. The van der Waals surface area contributed by atoms with Gasteiger partial charge in [0.1, 0.15) is 0 Å². The van der Waals surface area contributed by atoms with Crippen molar-refractivity contribution in [2.75, 3.05) is 21.3 Å². The number of aliphatic hydroxyl groups excluding tert-OH is 1. The van der Waals surface area contributed by atoms with E-state index >= 15 is 0 Å². The van der Waals surface area contributed by atoms with Gasteiger partial charge in [0, 0.05) is 0 Å². The molecule has 9 heteroatoms. The number of rotatable bonds is 5. The molecule has 1 heterocycles. The first-order valence-electron chi connectivity index (χ1n) is 5.90. The zero-order valence-corrected chi connectivity index (χ0v) is 12.6. The molecule has 1 aliphatic rings. The van der Waals surface area contributed by atoms with Crippen molar-refractivity contribution in [3.05, 3.63) is 29.8 Å². The number of nitrogens with zero attached hydrogens (tertiary/aromatic N) is 1. The van der Waals surface area contributed by atoms with E-state index in [0.29, 0.717) is 22.8 Å². The standard InChI is InChI=1S/C12H16N2O6S/c1-18-9-4-8(5-10(19-2)12(9)20-3)6-14-7-11(15)13-21(14,16)17/h4-5,7,13,15H,6H2,1-3H3. The number of benzene rings is 1. The van der Waals surface area contributed by atoms with Crippen molar-refractivity contribution in [2.24, 2.45) is 0 Å². The van der Waals surface area contributed by atoms with E-state index in [9.17, 15) is 13.5 Å². The summed E-state index contributed by atoms with van der Waals surface area (Å²) in [6.45, 7) is 0.0100. The van der Waals surface area contributed by atoms with Crippen molar-refractivity contribution in [1.29, 1.82) is 0 Å². The summed E-state index contributed by atoms with van der Waals surface area (Å²) in [5.74, 6) is 0.834. The molecule has 0 atom stereocenters. The number of nitrogens with one attached hydrogen (secondary N) is 1. The van der Waals surface area contributed by atoms with Crippen molar-refractivity contribution in [1.82, 2.24) is 9.03 Å². The first kappa shape index (κ1) is 15.1. The smallest absolute Gasteiger partial charge is 0.326 e. The average molecular weight is 316 g/mol. The zero-order chi connectivity index (χ0) is 15.6. The molecule has 1 aromatic carbocycles. The van der Waals surface area contributed by atoms with Crippen LogP contribution in [0.15, 0.2) is 24.2 Å². The Hall–Kier alpha value is -2.29. The molecule has 1 aromatic rings. The van der Waals surface area contributed by atoms with Gasteiger partial charge in [-0.15, -0.1) is 0 Å². The van der Waals surface area contributed by atoms with Crippen LogP contribution in [0.1, 0.15) is 5.56 Å². The van der Waals surface area contributed by atoms with Gasteiger partial charge in [0.25, 0.3) is 0 Å². The van der Waals surface area contributed by atoms with Crippen molar-refractivity contribution >= 4 is 10.2 Å². The van der Waals surface area contributed by atoms with Crippen LogP contribution in [-0.2, 0) is 16.8 Å². The number of aliphatic hydroxyl groups is 1. The molecule has 0 spiro atoms. The molecule has 0 aliphatic carbocycles. The second-order valence-electron chi connectivity index (χ2n) is 4.20. The Morgan fingerprint density at radius 2 is 1.71 bits per heavy atom. The summed E-state index contributed by atoms with van der Waals surface area (Å²) in [7, 11) is 0.667. The van der Waals surface area contributed by atoms with Crippen LogP contribution < -0.4 is 18.9 Å². The van der Waals surface area contributed by atoms with Crippen LogP contribution in [0, 0.1) is 0 Å². The summed E-state index contributed by atoms with van der Waals surface area (Å²) >= 11 is 0. The molecule has 2 N–H and O–H groups in total. The maximum atomic E-state index is 11.7. The van der Waals surface area contributed by atoms with Crippen molar-refractivity contribution in [3.63, 3.8) is 0 Å². The highest BCUT2D eigenvalue weighted by molar-refractivity contribution is 7.87. The first-order chi connectivity index (χ1) is 9.91. The fourth-order valence-electron chi connectivity index (χ4n) is 1.96. The summed E-state index contributed by atoms with van der Waals surface area (Å²) in [4.78, 5) is 0. The molecule has 2 rings (SSSR count). The number of ether oxygens (including phenoxy) is 3. The quantitative estimate of drug-likeness (QED) is 0.831. The molecule has 21 heavy (non-hydrogen) atoms. The minimum absolute atomic E-state index is 0.0100. The van der Waals surface area contributed by atoms with Crippen LogP contribution in [0.25, 0.3) is 0 Å². The van der Waals surface area contributed by atoms with Gasteiger partial charge >= 0.3 is 10.2 Å². The van der Waals surface area contributed by atoms with E-state index in [4.69, 9.17) is 14.2 Å². The lowest BCUT2D eigenvalue weighted by molar-refractivity contribution is 0.323. The van der Waals surface area contributed by atoms with Gasteiger partial charge in [0.2, 0.25) is 11.6 Å². The lowest BCUT2D eigenvalue weighted by atomic mass is 10.2. The summed E-state index contributed by atoms with van der Waals surface area (Å²) in [5.41, 5.74) is 0.612. The minimum Gasteiger partial charge on any atom is -0.493 e. The van der Waals surface area contributed by atoms with Gasteiger partial charge in [-0.1, -0.05) is 0 Å². The van der Waals surface area contributed by atoms with Gasteiger partial charge in [-0.2, -0.15) is 8.42 Å². The Balaban J connectivity index is 2.37. The van der Waals surface area contributed by atoms with Gasteiger partial charge in [-0.25, -0.2) is 4.72 Å². The highest BCUT2D eigenvalue weighted by Gasteiger charge is 2.27. The van der Waals surface area contributed by atoms with E-state index in [1.165, 1.54) is 21.3 Å². The maximum Gasteiger partial charge on any atom is 0.326 e. The third-order valence-corrected chi connectivity index (χ3v) is 4.19. The normalized spacial score (nSPS) is 16.1. The third-order valence-electron chi connectivity index (χ3n) is 2.87. The Labute approximate surface area is 122 Å². The van der Waals surface area contributed by atoms with E-state index in [-0.39, 0.29) is 6.54 Å². The molecule has 0 radical (unpaired) electrons. The van der Waals surface area contributed by atoms with Gasteiger partial charge < -0.3 is 19.3 Å². The van der Waals surface area contributed by atoms with E-state index < -0.39 is 16.1 Å². The van der Waals surface area contributed by atoms with Crippen LogP contribution in [0.4, 0.5) is 0 Å². The molecule has 0 aromatic heterocycles. The lowest BCUT2D eigenvalue weighted by Crippen LogP contribution is -2.29. The van der Waals surface area contributed by atoms with Crippen molar-refractivity contribution < 1.29 is 27.7 Å². The third kappa shape index (κ3) is 2.92. The van der Waals surface area contributed by atoms with Crippen molar-refractivity contribution in [2.45, 2.75) is 6.54 Å². The number of methoxy groups -OCH3 is 3. The lowest BCUT2D eigenvalue weighted by Gasteiger charge is -2.17. The van der Waals surface area contributed by atoms with Crippen LogP contribution in [-0.4, -0.2) is 39.2 Å². The molecule has 1 aliphatic heterocycles. The van der Waals surface area contributed by atoms with Crippen LogP contribution >= 0.6 is 0 Å². The molecule has 116 valence electrons. The van der Waals surface area contributed by atoms with Gasteiger partial charge in [-0.3, -0.25) is 4.31 Å². The molecule has 0 saturated carbocycles. The maximum absolute atomic E-state index is 11.7. The van der Waals surface area contributed by atoms with Gasteiger partial charge in [0.05, 0.1) is 34.1 Å². The molecular formula is C12H16N2O6S. The molecule has 0 fully saturated rings. The molecule has 0 saturated heterocycles. The average Bonchev–Trinajstić information content (AvgIpc) is 2.69. The second kappa shape index (κ2) is 5.60. The Morgan fingerprint density at radius 3 is 2.10 bits per heavy atom. The fraction of sp³-hybridized carbons (Fsp3) is 0.333. The summed E-state index contributed by atoms with van der Waals surface area (Å²) < 4.78 is 42.0. The summed E-state index contributed by atoms with van der Waals surface area (Å²) in [6, 6.07) is 3.28. The van der Waals surface area contributed by atoms with Gasteiger partial charge in [0.15, 0.2) is 11.5 Å². The molecule has 0 amide bonds. The summed E-state index contributed by atoms with van der Waals surface area (Å²) in [5, 5.41) is 9.26. The van der Waals surface area contributed by atoms with E-state index in [0.717, 1.165) is 10.5 Å². The zero-order valence-electron chi connectivity index (χ0n) is 11.8. The van der Waals surface area contributed by atoms with E-state index in [1.54, 1.807) is 12.1 Å². The number of hydrogen-bond donors (Lipinski definition) is 2. The van der Waals surface area contributed by atoms with Crippen LogP contribution in [0.3, 0.4) is 0 Å². The molecule has 0 bridgehead atoms. The van der Waals surface area contributed by atoms with E-state index in [1.807, 2.05) is 4.72 Å². The number of hydrogen-bond acceptors (Lipinski definition) is 6. The Morgan fingerprint density at radius 1 is 1.14 bits per heavy atom. The Kier molecular flexibility index (Phi) is 4.03. The highest BCUT2D eigenvalue weighted by Crippen LogP contribution is 2.38. The SMILES string of the molecule is COc1cc(CN2C=C(O)NS2(=O)=O)cc(OC)c1OC.